The summed E-state index contributed by atoms with van der Waals surface area (Å²) in [4.78, 5) is 10.7. The Morgan fingerprint density at radius 1 is 1.00 bits per heavy atom. The third-order valence-electron chi connectivity index (χ3n) is 4.64. The molecule has 1 N–H and O–H groups in total. The van der Waals surface area contributed by atoms with Crippen LogP contribution in [0.1, 0.15) is 90.3 Å². The van der Waals surface area contributed by atoms with Crippen LogP contribution in [0.25, 0.3) is 0 Å². The van der Waals surface area contributed by atoms with Gasteiger partial charge in [0.2, 0.25) is 0 Å². The molecule has 1 aromatic rings. The van der Waals surface area contributed by atoms with Crippen LogP contribution in [0.3, 0.4) is 0 Å². The van der Waals surface area contributed by atoms with Crippen molar-refractivity contribution in [2.24, 2.45) is 0 Å². The van der Waals surface area contributed by atoms with Crippen molar-refractivity contribution < 1.29 is 14.5 Å². The average molecular weight is 338 g/mol. The minimum atomic E-state index is -0.699. The van der Waals surface area contributed by atoms with Crippen molar-refractivity contribution in [3.8, 4) is 0 Å². The summed E-state index contributed by atoms with van der Waals surface area (Å²) in [6.45, 7) is 6.37. The van der Waals surface area contributed by atoms with Crippen LogP contribution in [0.2, 0.25) is 0 Å². The zero-order chi connectivity index (χ0) is 17.6. The van der Waals surface area contributed by atoms with E-state index in [1.807, 2.05) is 0 Å². The number of carboxylic acid groups (broad SMARTS) is 1. The first-order valence-corrected chi connectivity index (χ1v) is 9.98. The van der Waals surface area contributed by atoms with Gasteiger partial charge in [-0.05, 0) is 19.3 Å². The molecular formula is C20H37N2O2+. The van der Waals surface area contributed by atoms with E-state index in [9.17, 15) is 4.79 Å². The van der Waals surface area contributed by atoms with Gasteiger partial charge in [0.15, 0.2) is 0 Å². The molecule has 0 saturated heterocycles. The molecule has 0 radical (unpaired) electrons. The molecule has 0 atom stereocenters. The first kappa shape index (κ1) is 20.7. The zero-order valence-electron chi connectivity index (χ0n) is 15.8. The SMILES string of the molecule is CCCCCCCCCc1n(CCCC)cc[n+]1CCCC(=O)O. The number of carboxylic acids is 1. The summed E-state index contributed by atoms with van der Waals surface area (Å²) in [6.07, 6.45) is 18.1. The molecule has 4 heteroatoms. The van der Waals surface area contributed by atoms with E-state index < -0.39 is 5.97 Å². The van der Waals surface area contributed by atoms with Crippen molar-refractivity contribution in [2.75, 3.05) is 0 Å². The number of nitrogens with zero attached hydrogens (tertiary/aromatic N) is 2. The first-order chi connectivity index (χ1) is 11.7. The number of hydrogen-bond donors (Lipinski definition) is 1. The van der Waals surface area contributed by atoms with Crippen LogP contribution >= 0.6 is 0 Å². The second kappa shape index (κ2) is 13.0. The molecule has 0 amide bonds. The third kappa shape index (κ3) is 8.51. The number of hydrogen-bond acceptors (Lipinski definition) is 1. The Bertz CT molecular complexity index is 454. The van der Waals surface area contributed by atoms with Crippen LogP contribution < -0.4 is 4.57 Å². The van der Waals surface area contributed by atoms with Gasteiger partial charge in [-0.25, -0.2) is 9.13 Å². The van der Waals surface area contributed by atoms with E-state index >= 15 is 0 Å². The largest absolute Gasteiger partial charge is 0.481 e. The van der Waals surface area contributed by atoms with Crippen LogP contribution in [0.15, 0.2) is 12.4 Å². The zero-order valence-corrected chi connectivity index (χ0v) is 15.8. The number of carbonyl (C=O) groups is 1. The number of unbranched alkanes of at least 4 members (excludes halogenated alkanes) is 7. The van der Waals surface area contributed by atoms with Crippen molar-refractivity contribution in [2.45, 2.75) is 104 Å². The van der Waals surface area contributed by atoms with Gasteiger partial charge >= 0.3 is 5.97 Å². The molecule has 0 aliphatic heterocycles. The van der Waals surface area contributed by atoms with Crippen molar-refractivity contribution in [3.05, 3.63) is 18.2 Å². The topological polar surface area (TPSA) is 46.1 Å². The van der Waals surface area contributed by atoms with Crippen molar-refractivity contribution >= 4 is 5.97 Å². The number of imidazole rings is 1. The fourth-order valence-electron chi connectivity index (χ4n) is 3.16. The van der Waals surface area contributed by atoms with Crippen molar-refractivity contribution in [1.29, 1.82) is 0 Å². The molecule has 138 valence electrons. The van der Waals surface area contributed by atoms with E-state index in [-0.39, 0.29) is 6.42 Å². The van der Waals surface area contributed by atoms with Gasteiger partial charge < -0.3 is 5.11 Å². The number of aromatic nitrogens is 2. The van der Waals surface area contributed by atoms with E-state index in [0.717, 1.165) is 19.5 Å². The van der Waals surface area contributed by atoms with E-state index in [2.05, 4.69) is 35.4 Å². The van der Waals surface area contributed by atoms with Gasteiger partial charge in [-0.2, -0.15) is 0 Å². The summed E-state index contributed by atoms with van der Waals surface area (Å²) in [5.74, 6) is 0.678. The summed E-state index contributed by atoms with van der Waals surface area (Å²) in [5, 5.41) is 8.83. The van der Waals surface area contributed by atoms with Crippen molar-refractivity contribution in [1.82, 2.24) is 4.57 Å². The predicted octanol–water partition coefficient (Wildman–Crippen LogP) is 4.73. The molecule has 0 saturated carbocycles. The Labute approximate surface area is 147 Å². The normalized spacial score (nSPS) is 11.1. The summed E-state index contributed by atoms with van der Waals surface area (Å²) in [6, 6.07) is 0. The molecule has 0 bridgehead atoms. The predicted molar refractivity (Wildman–Crippen MR) is 98.1 cm³/mol. The summed E-state index contributed by atoms with van der Waals surface area (Å²) < 4.78 is 4.65. The number of aliphatic carboxylic acids is 1. The highest BCUT2D eigenvalue weighted by Crippen LogP contribution is 2.10. The monoisotopic (exact) mass is 337 g/mol. The van der Waals surface area contributed by atoms with Gasteiger partial charge in [0.05, 0.1) is 13.1 Å². The van der Waals surface area contributed by atoms with Gasteiger partial charge in [-0.1, -0.05) is 58.8 Å². The fraction of sp³-hybridized carbons (Fsp3) is 0.800. The summed E-state index contributed by atoms with van der Waals surface area (Å²) in [5.41, 5.74) is 0. The number of rotatable bonds is 15. The summed E-state index contributed by atoms with van der Waals surface area (Å²) in [7, 11) is 0. The van der Waals surface area contributed by atoms with Gasteiger partial charge in [0.1, 0.15) is 12.4 Å². The molecule has 1 heterocycles. The molecule has 0 aliphatic carbocycles. The van der Waals surface area contributed by atoms with Crippen LogP contribution in [0.4, 0.5) is 0 Å². The minimum absolute atomic E-state index is 0.254. The lowest BCUT2D eigenvalue weighted by molar-refractivity contribution is -0.704. The number of aryl methyl sites for hydroxylation is 2. The average Bonchev–Trinajstić information content (AvgIpc) is 2.94. The van der Waals surface area contributed by atoms with Gasteiger partial charge in [0.25, 0.3) is 5.82 Å². The van der Waals surface area contributed by atoms with Gasteiger partial charge in [0, 0.05) is 12.8 Å². The highest BCUT2D eigenvalue weighted by atomic mass is 16.4. The standard InChI is InChI=1S/C20H36N2O2/c1-3-5-7-8-9-10-11-13-19-21(15-6-4-2)17-18-22(19)16-12-14-20(23)24/h17-18H,3-16H2,1-2H3/p+1. The highest BCUT2D eigenvalue weighted by molar-refractivity contribution is 5.66. The summed E-state index contributed by atoms with van der Waals surface area (Å²) >= 11 is 0. The van der Waals surface area contributed by atoms with Gasteiger partial charge in [-0.3, -0.25) is 4.79 Å². The van der Waals surface area contributed by atoms with E-state index in [1.165, 1.54) is 63.6 Å². The molecular weight excluding hydrogens is 300 g/mol. The molecule has 1 aromatic heterocycles. The Morgan fingerprint density at radius 3 is 2.33 bits per heavy atom. The Morgan fingerprint density at radius 2 is 1.67 bits per heavy atom. The molecule has 0 spiro atoms. The molecule has 0 unspecified atom stereocenters. The molecule has 0 fully saturated rings. The maximum atomic E-state index is 10.7. The molecule has 24 heavy (non-hydrogen) atoms. The van der Waals surface area contributed by atoms with Crippen LogP contribution in [0.5, 0.6) is 0 Å². The smallest absolute Gasteiger partial charge is 0.303 e. The Kier molecular flexibility index (Phi) is 11.2. The van der Waals surface area contributed by atoms with Crippen LogP contribution in [-0.2, 0) is 24.3 Å². The van der Waals surface area contributed by atoms with E-state index in [4.69, 9.17) is 5.11 Å². The fourth-order valence-corrected chi connectivity index (χ4v) is 3.16. The first-order valence-electron chi connectivity index (χ1n) is 9.98. The lowest BCUT2D eigenvalue weighted by atomic mass is 10.1. The molecule has 0 aromatic carbocycles. The second-order valence-corrected chi connectivity index (χ2v) is 6.82. The van der Waals surface area contributed by atoms with E-state index in [0.29, 0.717) is 6.42 Å². The second-order valence-electron chi connectivity index (χ2n) is 6.82. The van der Waals surface area contributed by atoms with Gasteiger partial charge in [-0.15, -0.1) is 0 Å². The third-order valence-corrected chi connectivity index (χ3v) is 4.64. The molecule has 0 aliphatic rings. The quantitative estimate of drug-likeness (QED) is 0.371. The maximum Gasteiger partial charge on any atom is 0.303 e. The Hall–Kier alpha value is -1.32. The van der Waals surface area contributed by atoms with Crippen molar-refractivity contribution in [3.63, 3.8) is 0 Å². The highest BCUT2D eigenvalue weighted by Gasteiger charge is 2.16. The lowest BCUT2D eigenvalue weighted by Crippen LogP contribution is -2.37. The minimum Gasteiger partial charge on any atom is -0.481 e. The molecule has 1 rings (SSSR count). The maximum absolute atomic E-state index is 10.7. The van der Waals surface area contributed by atoms with Crippen LogP contribution in [-0.4, -0.2) is 15.6 Å². The van der Waals surface area contributed by atoms with Crippen LogP contribution in [0, 0.1) is 0 Å². The Balaban J connectivity index is 2.46. The van der Waals surface area contributed by atoms with E-state index in [1.54, 1.807) is 0 Å². The lowest BCUT2D eigenvalue weighted by Gasteiger charge is -2.05. The molecule has 4 nitrogen and oxygen atoms in total.